The van der Waals surface area contributed by atoms with Crippen LogP contribution in [0.25, 0.3) is 0 Å². The molecule has 170 valence electrons. The summed E-state index contributed by atoms with van der Waals surface area (Å²) in [6, 6.07) is 16.8. The van der Waals surface area contributed by atoms with Crippen molar-refractivity contribution in [3.63, 3.8) is 0 Å². The fourth-order valence-electron chi connectivity index (χ4n) is 4.76. The normalized spacial score (nSPS) is 27.0. The van der Waals surface area contributed by atoms with Crippen LogP contribution in [0.2, 0.25) is 0 Å². The number of carbonyl (C=O) groups is 1. The molecule has 8 heteroatoms. The Hall–Kier alpha value is -2.68. The lowest BCUT2D eigenvalue weighted by molar-refractivity contribution is -0.141. The number of aliphatic hydroxyl groups is 2. The molecule has 5 atom stereocenters. The number of benzene rings is 2. The van der Waals surface area contributed by atoms with Gasteiger partial charge in [-0.15, -0.1) is 0 Å². The van der Waals surface area contributed by atoms with Gasteiger partial charge in [0.25, 0.3) is 0 Å². The summed E-state index contributed by atoms with van der Waals surface area (Å²) in [7, 11) is 5.73. The largest absolute Gasteiger partial charge is 0.390 e. The maximum atomic E-state index is 13.6. The van der Waals surface area contributed by atoms with Crippen LogP contribution in [0.5, 0.6) is 0 Å². The van der Waals surface area contributed by atoms with E-state index in [0.717, 1.165) is 16.9 Å². The van der Waals surface area contributed by atoms with Crippen LogP contribution in [0, 0.1) is 5.92 Å². The molecule has 2 aliphatic rings. The molecule has 32 heavy (non-hydrogen) atoms. The Morgan fingerprint density at radius 2 is 1.75 bits per heavy atom. The van der Waals surface area contributed by atoms with Crippen LogP contribution in [-0.4, -0.2) is 71.6 Å². The molecule has 3 N–H and O–H groups in total. The summed E-state index contributed by atoms with van der Waals surface area (Å²) >= 11 is 5.61. The Balaban J connectivity index is 1.63. The van der Waals surface area contributed by atoms with Crippen molar-refractivity contribution in [3.05, 3.63) is 60.2 Å². The van der Waals surface area contributed by atoms with Crippen LogP contribution < -0.4 is 15.1 Å². The first-order valence-electron chi connectivity index (χ1n) is 10.8. The summed E-state index contributed by atoms with van der Waals surface area (Å²) < 4.78 is 0. The smallest absolute Gasteiger partial charge is 0.228 e. The first-order valence-corrected chi connectivity index (χ1v) is 11.2. The molecule has 1 aliphatic heterocycles. The van der Waals surface area contributed by atoms with Crippen LogP contribution in [-0.2, 0) is 11.3 Å². The van der Waals surface area contributed by atoms with E-state index in [0.29, 0.717) is 11.7 Å². The molecule has 4 rings (SSSR count). The fraction of sp³-hybridized carbons (Fsp3) is 0.417. The Kier molecular flexibility index (Phi) is 6.37. The molecule has 7 nitrogen and oxygen atoms in total. The van der Waals surface area contributed by atoms with E-state index >= 15 is 0 Å². The quantitative estimate of drug-likeness (QED) is 0.592. The van der Waals surface area contributed by atoms with Crippen LogP contribution in [0.3, 0.4) is 0 Å². The topological polar surface area (TPSA) is 79.3 Å². The van der Waals surface area contributed by atoms with Gasteiger partial charge in [0, 0.05) is 39.1 Å². The third-order valence-electron chi connectivity index (χ3n) is 6.45. The van der Waals surface area contributed by atoms with Crippen LogP contribution in [0.1, 0.15) is 12.0 Å². The van der Waals surface area contributed by atoms with Crippen LogP contribution in [0.4, 0.5) is 11.4 Å². The minimum Gasteiger partial charge on any atom is -0.390 e. The minimum absolute atomic E-state index is 0.0729. The zero-order chi connectivity index (χ0) is 23.0. The predicted molar refractivity (Wildman–Crippen MR) is 130 cm³/mol. The first kappa shape index (κ1) is 22.5. The third-order valence-corrected chi connectivity index (χ3v) is 6.76. The average molecular weight is 455 g/mol. The first-order chi connectivity index (χ1) is 15.3. The minimum atomic E-state index is -1.01. The lowest BCUT2D eigenvalue weighted by atomic mass is 9.77. The zero-order valence-corrected chi connectivity index (χ0v) is 19.4. The van der Waals surface area contributed by atoms with Gasteiger partial charge in [0.05, 0.1) is 24.1 Å². The highest BCUT2D eigenvalue weighted by molar-refractivity contribution is 7.80. The van der Waals surface area contributed by atoms with Crippen molar-refractivity contribution >= 4 is 34.6 Å². The highest BCUT2D eigenvalue weighted by Crippen LogP contribution is 2.38. The Bertz CT molecular complexity index is 969. The Labute approximate surface area is 194 Å². The van der Waals surface area contributed by atoms with E-state index in [4.69, 9.17) is 12.2 Å². The molecule has 0 bridgehead atoms. The summed E-state index contributed by atoms with van der Waals surface area (Å²) in [5, 5.41) is 24.8. The number of rotatable bonds is 5. The maximum Gasteiger partial charge on any atom is 0.228 e. The van der Waals surface area contributed by atoms with Crippen LogP contribution >= 0.6 is 12.2 Å². The molecule has 2 fully saturated rings. The number of fused-ring (bicyclic) bond motifs is 1. The molecule has 0 spiro atoms. The summed E-state index contributed by atoms with van der Waals surface area (Å²) in [4.78, 5) is 19.2. The molecule has 2 aromatic carbocycles. The lowest BCUT2D eigenvalue weighted by Gasteiger charge is -2.42. The number of amides is 1. The molecular weight excluding hydrogens is 424 g/mol. The molecule has 1 amide bonds. The van der Waals surface area contributed by atoms with E-state index in [1.54, 1.807) is 11.9 Å². The van der Waals surface area contributed by atoms with Crippen LogP contribution in [0.15, 0.2) is 54.6 Å². The highest BCUT2D eigenvalue weighted by Gasteiger charge is 2.54. The Morgan fingerprint density at radius 1 is 1.09 bits per heavy atom. The monoisotopic (exact) mass is 454 g/mol. The van der Waals surface area contributed by atoms with Crippen molar-refractivity contribution in [2.75, 3.05) is 30.9 Å². The van der Waals surface area contributed by atoms with Crippen molar-refractivity contribution in [2.45, 2.75) is 37.3 Å². The number of aliphatic hydroxyl groups excluding tert-OH is 2. The second-order valence-electron chi connectivity index (χ2n) is 8.83. The number of thiocarbonyl (C=S) groups is 1. The second kappa shape index (κ2) is 9.05. The highest BCUT2D eigenvalue weighted by atomic mass is 32.1. The molecule has 1 heterocycles. The molecule has 0 radical (unpaired) electrons. The second-order valence-corrected chi connectivity index (χ2v) is 9.21. The van der Waals surface area contributed by atoms with Crippen molar-refractivity contribution in [3.8, 4) is 0 Å². The van der Waals surface area contributed by atoms with E-state index in [2.05, 4.69) is 5.32 Å². The molecule has 0 aromatic heterocycles. The van der Waals surface area contributed by atoms with Gasteiger partial charge < -0.3 is 30.2 Å². The van der Waals surface area contributed by atoms with Crippen molar-refractivity contribution in [2.24, 2.45) is 5.92 Å². The van der Waals surface area contributed by atoms with Gasteiger partial charge in [0.2, 0.25) is 5.91 Å². The fourth-order valence-corrected chi connectivity index (χ4v) is 5.12. The van der Waals surface area contributed by atoms with Gasteiger partial charge in [-0.05, 0) is 48.5 Å². The molecule has 1 saturated carbocycles. The van der Waals surface area contributed by atoms with Crippen molar-refractivity contribution < 1.29 is 15.0 Å². The van der Waals surface area contributed by atoms with Gasteiger partial charge in [-0.1, -0.05) is 30.3 Å². The zero-order valence-electron chi connectivity index (χ0n) is 18.5. The molecule has 1 saturated heterocycles. The van der Waals surface area contributed by atoms with Gasteiger partial charge in [-0.2, -0.15) is 0 Å². The van der Waals surface area contributed by atoms with E-state index in [9.17, 15) is 15.0 Å². The number of nitrogens with one attached hydrogen (secondary N) is 1. The molecular formula is C24H30N4O3S. The summed E-state index contributed by atoms with van der Waals surface area (Å²) in [5.74, 6) is -0.593. The van der Waals surface area contributed by atoms with Crippen molar-refractivity contribution in [1.82, 2.24) is 10.2 Å². The number of nitrogens with zero attached hydrogens (tertiary/aromatic N) is 3. The summed E-state index contributed by atoms with van der Waals surface area (Å²) in [5.41, 5.74) is 2.94. The van der Waals surface area contributed by atoms with Gasteiger partial charge in [0.1, 0.15) is 6.10 Å². The van der Waals surface area contributed by atoms with Gasteiger partial charge in [0.15, 0.2) is 5.11 Å². The maximum absolute atomic E-state index is 13.6. The molecule has 2 aromatic rings. The Morgan fingerprint density at radius 3 is 2.38 bits per heavy atom. The van der Waals surface area contributed by atoms with Gasteiger partial charge in [-0.3, -0.25) is 4.79 Å². The molecule has 0 unspecified atom stereocenters. The van der Waals surface area contributed by atoms with Gasteiger partial charge >= 0.3 is 0 Å². The number of hydrogen-bond acceptors (Lipinski definition) is 5. The molecule has 1 aliphatic carbocycles. The summed E-state index contributed by atoms with van der Waals surface area (Å²) in [6.07, 6.45) is -1.83. The lowest BCUT2D eigenvalue weighted by Crippen LogP contribution is -2.61. The van der Waals surface area contributed by atoms with E-state index in [1.165, 1.54) is 0 Å². The number of anilines is 2. The average Bonchev–Trinajstić information content (AvgIpc) is 3.13. The van der Waals surface area contributed by atoms with Crippen molar-refractivity contribution in [1.29, 1.82) is 0 Å². The van der Waals surface area contributed by atoms with E-state index < -0.39 is 30.2 Å². The number of hydrogen-bond donors (Lipinski definition) is 3. The SMILES string of the molecule is CN(Cc1ccccc1)C(=O)[C@@H]1C[C@@H](O)[C@H](O)[C@@H]2NC(=S)N(c3ccc(N(C)C)cc3)[C@H]21. The van der Waals surface area contributed by atoms with Gasteiger partial charge in [-0.25, -0.2) is 0 Å². The third kappa shape index (κ3) is 4.18. The summed E-state index contributed by atoms with van der Waals surface area (Å²) in [6.45, 7) is 0.474. The number of carbonyl (C=O) groups excluding carboxylic acids is 1. The van der Waals surface area contributed by atoms with E-state index in [1.807, 2.05) is 78.5 Å². The van der Waals surface area contributed by atoms with E-state index in [-0.39, 0.29) is 12.3 Å². The standard InChI is InChI=1S/C24H30N4O3S/c1-26(2)16-9-11-17(12-10-16)28-21-18(13-19(29)22(30)20(21)25-24(28)32)23(31)27(3)14-15-7-5-4-6-8-15/h4-12,18-22,29-30H,13-14H2,1-3H3,(H,25,32)/t18-,19-,20-,21+,22+/m1/s1. The predicted octanol–water partition coefficient (Wildman–Crippen LogP) is 1.58.